The molecule has 1 aliphatic heterocycles. The highest BCUT2D eigenvalue weighted by Crippen LogP contribution is 2.43. The van der Waals surface area contributed by atoms with Gasteiger partial charge in [0.1, 0.15) is 0 Å². The Labute approximate surface area is 83.2 Å². The van der Waals surface area contributed by atoms with E-state index in [0.29, 0.717) is 6.61 Å². The summed E-state index contributed by atoms with van der Waals surface area (Å²) in [4.78, 5) is 0. The van der Waals surface area contributed by atoms with Gasteiger partial charge in [-0.15, -0.1) is 0 Å². The molecule has 0 aromatic heterocycles. The summed E-state index contributed by atoms with van der Waals surface area (Å²) in [7, 11) is -2.84. The third-order valence-corrected chi connectivity index (χ3v) is 3.70. The third kappa shape index (κ3) is 2.35. The Morgan fingerprint density at radius 1 is 1.36 bits per heavy atom. The quantitative estimate of drug-likeness (QED) is 0.738. The maximum atomic E-state index is 12.0. The van der Waals surface area contributed by atoms with Gasteiger partial charge in [-0.3, -0.25) is 0 Å². The van der Waals surface area contributed by atoms with Gasteiger partial charge in [-0.25, -0.2) is 9.65 Å². The lowest BCUT2D eigenvalue weighted by molar-refractivity contribution is 0.281. The van der Waals surface area contributed by atoms with Crippen LogP contribution in [0.4, 0.5) is 5.69 Å². The highest BCUT2D eigenvalue weighted by atomic mass is 31.2. The standard InChI is InChI=1S/C9H13N2O2P/c12-14(10-7-4-8-13-14)11-9-5-2-1-3-6-9/h1-3,5-6H,4,7-8H2,(H2,10,11,12)/t14-/m0/s1. The number of para-hydroxylation sites is 1. The van der Waals surface area contributed by atoms with Crippen molar-refractivity contribution in [2.45, 2.75) is 6.42 Å². The minimum Gasteiger partial charge on any atom is -0.303 e. The van der Waals surface area contributed by atoms with E-state index in [4.69, 9.17) is 4.52 Å². The van der Waals surface area contributed by atoms with Gasteiger partial charge in [0.2, 0.25) is 0 Å². The summed E-state index contributed by atoms with van der Waals surface area (Å²) in [6.45, 7) is 1.28. The van der Waals surface area contributed by atoms with Crippen molar-refractivity contribution in [2.24, 2.45) is 0 Å². The molecule has 0 unspecified atom stereocenters. The van der Waals surface area contributed by atoms with Gasteiger partial charge in [0.05, 0.1) is 6.61 Å². The van der Waals surface area contributed by atoms with Crippen molar-refractivity contribution in [2.75, 3.05) is 18.2 Å². The first kappa shape index (κ1) is 9.71. The largest absolute Gasteiger partial charge is 0.365 e. The van der Waals surface area contributed by atoms with Gasteiger partial charge >= 0.3 is 7.67 Å². The van der Waals surface area contributed by atoms with Crippen LogP contribution in [0, 0.1) is 0 Å². The minimum atomic E-state index is -2.84. The highest BCUT2D eigenvalue weighted by molar-refractivity contribution is 7.58. The van der Waals surface area contributed by atoms with Crippen molar-refractivity contribution >= 4 is 13.4 Å². The van der Waals surface area contributed by atoms with E-state index < -0.39 is 7.67 Å². The molecule has 0 amide bonds. The number of anilines is 1. The lowest BCUT2D eigenvalue weighted by Crippen LogP contribution is -2.25. The molecule has 1 aliphatic rings. The maximum absolute atomic E-state index is 12.0. The maximum Gasteiger partial charge on any atom is 0.365 e. The summed E-state index contributed by atoms with van der Waals surface area (Å²) in [5.74, 6) is 0. The van der Waals surface area contributed by atoms with Crippen LogP contribution in [0.15, 0.2) is 30.3 Å². The Morgan fingerprint density at radius 3 is 2.79 bits per heavy atom. The highest BCUT2D eigenvalue weighted by Gasteiger charge is 2.25. The summed E-state index contributed by atoms with van der Waals surface area (Å²) in [6.07, 6.45) is 0.903. The second-order valence-corrected chi connectivity index (χ2v) is 5.03. The third-order valence-electron chi connectivity index (χ3n) is 1.96. The van der Waals surface area contributed by atoms with Gasteiger partial charge < -0.3 is 9.61 Å². The number of rotatable bonds is 2. The smallest absolute Gasteiger partial charge is 0.303 e. The SMILES string of the molecule is O=[P@@]1(Nc2ccccc2)NCCCO1. The molecule has 2 rings (SSSR count). The zero-order chi connectivity index (χ0) is 9.86. The van der Waals surface area contributed by atoms with Gasteiger partial charge in [0, 0.05) is 12.2 Å². The fourth-order valence-electron chi connectivity index (χ4n) is 1.29. The number of benzene rings is 1. The summed E-state index contributed by atoms with van der Waals surface area (Å²) >= 11 is 0. The van der Waals surface area contributed by atoms with Crippen molar-refractivity contribution in [3.05, 3.63) is 30.3 Å². The predicted octanol–water partition coefficient (Wildman–Crippen LogP) is 2.22. The van der Waals surface area contributed by atoms with Gasteiger partial charge in [-0.2, -0.15) is 0 Å². The van der Waals surface area contributed by atoms with E-state index in [2.05, 4.69) is 10.2 Å². The van der Waals surface area contributed by atoms with Crippen molar-refractivity contribution in [1.82, 2.24) is 5.09 Å². The van der Waals surface area contributed by atoms with Crippen LogP contribution < -0.4 is 10.2 Å². The van der Waals surface area contributed by atoms with Gasteiger partial charge in [-0.1, -0.05) is 18.2 Å². The zero-order valence-electron chi connectivity index (χ0n) is 7.77. The summed E-state index contributed by atoms with van der Waals surface area (Å²) in [5, 5.41) is 5.75. The van der Waals surface area contributed by atoms with E-state index in [0.717, 1.165) is 18.7 Å². The summed E-state index contributed by atoms with van der Waals surface area (Å²) in [6, 6.07) is 9.41. The molecule has 1 aromatic carbocycles. The Balaban J connectivity index is 2.06. The van der Waals surface area contributed by atoms with Crippen LogP contribution in [0.1, 0.15) is 6.42 Å². The van der Waals surface area contributed by atoms with E-state index in [-0.39, 0.29) is 0 Å². The number of nitrogens with one attached hydrogen (secondary N) is 2. The summed E-state index contributed by atoms with van der Waals surface area (Å²) in [5.41, 5.74) is 0.810. The van der Waals surface area contributed by atoms with Crippen molar-refractivity contribution < 1.29 is 9.09 Å². The van der Waals surface area contributed by atoms with Crippen LogP contribution >= 0.6 is 7.67 Å². The molecule has 0 saturated carbocycles. The topological polar surface area (TPSA) is 50.4 Å². The van der Waals surface area contributed by atoms with E-state index in [1.807, 2.05) is 30.3 Å². The molecule has 1 aromatic rings. The Kier molecular flexibility index (Phi) is 2.87. The average Bonchev–Trinajstić information content (AvgIpc) is 2.19. The van der Waals surface area contributed by atoms with E-state index in [9.17, 15) is 4.57 Å². The Bertz CT molecular complexity index is 332. The van der Waals surface area contributed by atoms with Crippen LogP contribution in [-0.4, -0.2) is 13.2 Å². The van der Waals surface area contributed by atoms with Crippen molar-refractivity contribution in [1.29, 1.82) is 0 Å². The lowest BCUT2D eigenvalue weighted by Gasteiger charge is -2.25. The van der Waals surface area contributed by atoms with Crippen LogP contribution in [0.2, 0.25) is 0 Å². The van der Waals surface area contributed by atoms with Crippen LogP contribution in [-0.2, 0) is 9.09 Å². The minimum absolute atomic E-state index is 0.546. The zero-order valence-corrected chi connectivity index (χ0v) is 8.67. The fraction of sp³-hybridized carbons (Fsp3) is 0.333. The van der Waals surface area contributed by atoms with Crippen LogP contribution in [0.5, 0.6) is 0 Å². The molecule has 1 fully saturated rings. The predicted molar refractivity (Wildman–Crippen MR) is 56.2 cm³/mol. The normalized spacial score (nSPS) is 27.1. The molecule has 2 N–H and O–H groups in total. The molecule has 1 saturated heterocycles. The molecule has 0 bridgehead atoms. The second-order valence-electron chi connectivity index (χ2n) is 3.12. The molecule has 0 aliphatic carbocycles. The molecular weight excluding hydrogens is 199 g/mol. The molecule has 14 heavy (non-hydrogen) atoms. The summed E-state index contributed by atoms with van der Waals surface area (Å²) < 4.78 is 17.2. The lowest BCUT2D eigenvalue weighted by atomic mass is 10.3. The first-order chi connectivity index (χ1) is 6.79. The first-order valence-corrected chi connectivity index (χ1v) is 6.24. The molecule has 1 atom stereocenters. The van der Waals surface area contributed by atoms with Crippen molar-refractivity contribution in [3.63, 3.8) is 0 Å². The van der Waals surface area contributed by atoms with E-state index in [1.165, 1.54) is 0 Å². The molecule has 4 nitrogen and oxygen atoms in total. The number of hydrogen-bond donors (Lipinski definition) is 2. The molecule has 76 valence electrons. The van der Waals surface area contributed by atoms with Gasteiger partial charge in [0.15, 0.2) is 0 Å². The molecular formula is C9H13N2O2P. The molecule has 0 spiro atoms. The fourth-order valence-corrected chi connectivity index (χ4v) is 2.85. The average molecular weight is 212 g/mol. The number of hydrogen-bond acceptors (Lipinski definition) is 2. The van der Waals surface area contributed by atoms with Gasteiger partial charge in [-0.05, 0) is 18.6 Å². The molecule has 1 heterocycles. The van der Waals surface area contributed by atoms with E-state index >= 15 is 0 Å². The van der Waals surface area contributed by atoms with Crippen LogP contribution in [0.25, 0.3) is 0 Å². The van der Waals surface area contributed by atoms with Crippen molar-refractivity contribution in [3.8, 4) is 0 Å². The van der Waals surface area contributed by atoms with Gasteiger partial charge in [0.25, 0.3) is 0 Å². The van der Waals surface area contributed by atoms with E-state index in [1.54, 1.807) is 0 Å². The monoisotopic (exact) mass is 212 g/mol. The Morgan fingerprint density at radius 2 is 2.14 bits per heavy atom. The van der Waals surface area contributed by atoms with Crippen LogP contribution in [0.3, 0.4) is 0 Å². The second kappa shape index (κ2) is 4.13. The Hall–Kier alpha value is -0.830. The molecule has 5 heteroatoms. The first-order valence-electron chi connectivity index (χ1n) is 4.62. The molecule has 0 radical (unpaired) electrons.